The summed E-state index contributed by atoms with van der Waals surface area (Å²) in [6.45, 7) is 12.0. The van der Waals surface area contributed by atoms with Crippen molar-refractivity contribution in [1.82, 2.24) is 24.3 Å². The van der Waals surface area contributed by atoms with Gasteiger partial charge in [0, 0.05) is 27.2 Å². The summed E-state index contributed by atoms with van der Waals surface area (Å²) in [5.74, 6) is -0.0451. The first kappa shape index (κ1) is 23.3. The second kappa shape index (κ2) is 8.15. The molecule has 2 atom stereocenters. The zero-order valence-corrected chi connectivity index (χ0v) is 20.8. The summed E-state index contributed by atoms with van der Waals surface area (Å²) >= 11 is 0. The van der Waals surface area contributed by atoms with Crippen molar-refractivity contribution in [1.29, 1.82) is 0 Å². The number of aliphatic imine (C=N–C) groups is 1. The van der Waals surface area contributed by atoms with Crippen molar-refractivity contribution in [2.45, 2.75) is 66.1 Å². The van der Waals surface area contributed by atoms with Gasteiger partial charge in [0.05, 0.1) is 23.6 Å². The number of aromatic nitrogens is 3. The Labute approximate surface area is 195 Å². The molecule has 1 amide bonds. The Hall–Kier alpha value is -2.90. The maximum absolute atomic E-state index is 12.9. The Morgan fingerprint density at radius 1 is 1.24 bits per heavy atom. The highest BCUT2D eigenvalue weighted by Gasteiger charge is 2.35. The predicted molar refractivity (Wildman–Crippen MR) is 132 cm³/mol. The zero-order valence-electron chi connectivity index (χ0n) is 20.8. The van der Waals surface area contributed by atoms with Gasteiger partial charge in [0.2, 0.25) is 5.91 Å². The molecule has 1 N–H and O–H groups in total. The van der Waals surface area contributed by atoms with E-state index in [-0.39, 0.29) is 34.5 Å². The summed E-state index contributed by atoms with van der Waals surface area (Å²) in [4.78, 5) is 36.8. The lowest BCUT2D eigenvalue weighted by atomic mass is 9.73. The van der Waals surface area contributed by atoms with Crippen LogP contribution < -0.4 is 11.0 Å². The summed E-state index contributed by atoms with van der Waals surface area (Å²) in [6.07, 6.45) is 5.66. The van der Waals surface area contributed by atoms with Crippen molar-refractivity contribution in [3.05, 3.63) is 34.4 Å². The molecule has 3 heterocycles. The van der Waals surface area contributed by atoms with Crippen LogP contribution in [0.15, 0.2) is 28.0 Å². The first-order valence-electron chi connectivity index (χ1n) is 11.7. The number of likely N-dealkylation sites (N-methyl/N-ethyl adjacent to an activating group) is 1. The highest BCUT2D eigenvalue weighted by Crippen LogP contribution is 2.38. The minimum absolute atomic E-state index is 0.0160. The molecular formula is C25H36N6O2. The molecule has 2 aromatic rings. The van der Waals surface area contributed by atoms with Crippen LogP contribution in [0.3, 0.4) is 0 Å². The van der Waals surface area contributed by atoms with Gasteiger partial charge in [0.15, 0.2) is 5.65 Å². The van der Waals surface area contributed by atoms with Gasteiger partial charge in [-0.05, 0) is 41.4 Å². The van der Waals surface area contributed by atoms with Gasteiger partial charge in [0.25, 0.3) is 0 Å². The fourth-order valence-electron chi connectivity index (χ4n) is 4.61. The number of nitrogens with zero attached hydrogens (tertiary/aromatic N) is 5. The van der Waals surface area contributed by atoms with E-state index in [1.165, 1.54) is 0 Å². The normalized spacial score (nSPS) is 22.6. The largest absolute Gasteiger partial charge is 0.363 e. The van der Waals surface area contributed by atoms with Crippen molar-refractivity contribution in [2.24, 2.45) is 22.9 Å². The van der Waals surface area contributed by atoms with Crippen molar-refractivity contribution in [3.63, 3.8) is 0 Å². The number of imidazole rings is 1. The van der Waals surface area contributed by atoms with Gasteiger partial charge >= 0.3 is 5.69 Å². The number of aryl methyl sites for hydroxylation is 1. The quantitative estimate of drug-likeness (QED) is 0.773. The van der Waals surface area contributed by atoms with Crippen LogP contribution in [0.1, 0.15) is 53.2 Å². The number of hydrogen-bond donors (Lipinski definition) is 1. The standard InChI is InChI=1S/C25H36N6O2/c1-24(2,3)14-31-19-9-8-17(27-21(19)30(7)23(31)33)16-10-11-25(4,5)20(12-16)28-22(32)18-13-29(6)15-26-18/h8-9,12,15,18,20H,10-11,13-14H2,1-7H3,(H,28,32). The molecule has 8 heteroatoms. The molecule has 2 aliphatic rings. The van der Waals surface area contributed by atoms with E-state index in [4.69, 9.17) is 4.98 Å². The molecule has 2 aromatic heterocycles. The van der Waals surface area contributed by atoms with Gasteiger partial charge in [0.1, 0.15) is 6.04 Å². The highest BCUT2D eigenvalue weighted by atomic mass is 16.2. The molecule has 8 nitrogen and oxygen atoms in total. The van der Waals surface area contributed by atoms with Crippen LogP contribution in [0.4, 0.5) is 0 Å². The van der Waals surface area contributed by atoms with E-state index in [1.54, 1.807) is 18.0 Å². The van der Waals surface area contributed by atoms with Gasteiger partial charge in [-0.25, -0.2) is 9.78 Å². The van der Waals surface area contributed by atoms with Crippen molar-refractivity contribution in [2.75, 3.05) is 13.6 Å². The van der Waals surface area contributed by atoms with E-state index in [0.717, 1.165) is 29.6 Å². The van der Waals surface area contributed by atoms with E-state index >= 15 is 0 Å². The lowest BCUT2D eigenvalue weighted by Gasteiger charge is -2.38. The van der Waals surface area contributed by atoms with E-state index in [0.29, 0.717) is 18.7 Å². The van der Waals surface area contributed by atoms with Crippen LogP contribution in [-0.2, 0) is 18.4 Å². The molecule has 0 radical (unpaired) electrons. The third-order valence-electron chi connectivity index (χ3n) is 6.70. The maximum atomic E-state index is 12.9. The molecule has 178 valence electrons. The molecule has 0 saturated heterocycles. The first-order valence-corrected chi connectivity index (χ1v) is 11.7. The monoisotopic (exact) mass is 452 g/mol. The van der Waals surface area contributed by atoms with Gasteiger partial charge in [-0.2, -0.15) is 0 Å². The molecular weight excluding hydrogens is 416 g/mol. The lowest BCUT2D eigenvalue weighted by Crippen LogP contribution is -2.49. The number of pyridine rings is 1. The Bertz CT molecular complexity index is 1190. The van der Waals surface area contributed by atoms with Crippen LogP contribution in [0.5, 0.6) is 0 Å². The van der Waals surface area contributed by atoms with E-state index in [2.05, 4.69) is 51.0 Å². The van der Waals surface area contributed by atoms with Crippen molar-refractivity contribution < 1.29 is 4.79 Å². The number of rotatable bonds is 4. The molecule has 4 rings (SSSR count). The van der Waals surface area contributed by atoms with E-state index < -0.39 is 0 Å². The SMILES string of the molecule is CN1C=NC(C(=O)NC2C=C(c3ccc4c(n3)n(C)c(=O)n4CC(C)(C)C)CCC2(C)C)C1. The number of amides is 1. The number of carbonyl (C=O) groups excluding carboxylic acids is 1. The minimum atomic E-state index is -0.365. The molecule has 33 heavy (non-hydrogen) atoms. The Kier molecular flexibility index (Phi) is 5.75. The van der Waals surface area contributed by atoms with E-state index in [9.17, 15) is 9.59 Å². The minimum Gasteiger partial charge on any atom is -0.363 e. The zero-order chi connectivity index (χ0) is 24.1. The van der Waals surface area contributed by atoms with E-state index in [1.807, 2.05) is 28.6 Å². The second-order valence-electron chi connectivity index (χ2n) is 11.4. The Balaban J connectivity index is 1.65. The predicted octanol–water partition coefficient (Wildman–Crippen LogP) is 2.81. The number of nitrogens with one attached hydrogen (secondary N) is 1. The number of hydrogen-bond acceptors (Lipinski definition) is 5. The number of carbonyl (C=O) groups is 1. The second-order valence-corrected chi connectivity index (χ2v) is 11.4. The third-order valence-corrected chi connectivity index (χ3v) is 6.70. The highest BCUT2D eigenvalue weighted by molar-refractivity contribution is 5.86. The lowest BCUT2D eigenvalue weighted by molar-refractivity contribution is -0.123. The van der Waals surface area contributed by atoms with Crippen LogP contribution in [0.25, 0.3) is 16.7 Å². The van der Waals surface area contributed by atoms with Gasteiger partial charge < -0.3 is 10.2 Å². The fraction of sp³-hybridized carbons (Fsp3) is 0.600. The summed E-state index contributed by atoms with van der Waals surface area (Å²) in [7, 11) is 3.70. The molecule has 1 aliphatic carbocycles. The summed E-state index contributed by atoms with van der Waals surface area (Å²) < 4.78 is 3.44. The fourth-order valence-corrected chi connectivity index (χ4v) is 4.61. The molecule has 0 aromatic carbocycles. The van der Waals surface area contributed by atoms with Crippen molar-refractivity contribution >= 4 is 29.0 Å². The topological polar surface area (TPSA) is 84.5 Å². The summed E-state index contributed by atoms with van der Waals surface area (Å²) in [6, 6.07) is 3.53. The van der Waals surface area contributed by atoms with Crippen LogP contribution >= 0.6 is 0 Å². The third kappa shape index (κ3) is 4.61. The summed E-state index contributed by atoms with van der Waals surface area (Å²) in [5, 5.41) is 3.22. The van der Waals surface area contributed by atoms with Gasteiger partial charge in [-0.3, -0.25) is 18.9 Å². The average Bonchev–Trinajstić information content (AvgIpc) is 3.26. The molecule has 0 fully saturated rings. The average molecular weight is 453 g/mol. The number of fused-ring (bicyclic) bond motifs is 1. The number of allylic oxidation sites excluding steroid dienone is 1. The van der Waals surface area contributed by atoms with Crippen molar-refractivity contribution in [3.8, 4) is 0 Å². The Morgan fingerprint density at radius 2 is 1.97 bits per heavy atom. The molecule has 0 bridgehead atoms. The maximum Gasteiger partial charge on any atom is 0.330 e. The van der Waals surface area contributed by atoms with Crippen LogP contribution in [0.2, 0.25) is 0 Å². The van der Waals surface area contributed by atoms with Crippen LogP contribution in [-0.4, -0.2) is 56.9 Å². The Morgan fingerprint density at radius 3 is 2.61 bits per heavy atom. The van der Waals surface area contributed by atoms with Gasteiger partial charge in [-0.1, -0.05) is 40.7 Å². The summed E-state index contributed by atoms with van der Waals surface area (Å²) in [5.41, 5.74) is 3.38. The molecule has 2 unspecified atom stereocenters. The molecule has 0 spiro atoms. The smallest absolute Gasteiger partial charge is 0.330 e. The van der Waals surface area contributed by atoms with Gasteiger partial charge in [-0.15, -0.1) is 0 Å². The molecule has 0 saturated carbocycles. The van der Waals surface area contributed by atoms with Crippen LogP contribution in [0, 0.1) is 10.8 Å². The molecule has 1 aliphatic heterocycles. The first-order chi connectivity index (χ1) is 15.4.